The van der Waals surface area contributed by atoms with E-state index in [9.17, 15) is 24.8 Å². The van der Waals surface area contributed by atoms with Crippen LogP contribution < -0.4 is 25.0 Å². The lowest BCUT2D eigenvalue weighted by Crippen LogP contribution is -2.56. The molecule has 8 rings (SSSR count). The number of pyridine rings is 1. The van der Waals surface area contributed by atoms with Crippen LogP contribution in [0.25, 0.3) is 32.9 Å². The van der Waals surface area contributed by atoms with Gasteiger partial charge in [-0.3, -0.25) is 19.7 Å². The number of piperazine rings is 1. The first-order valence-electron chi connectivity index (χ1n) is 19.0. The topological polar surface area (TPSA) is 183 Å². The van der Waals surface area contributed by atoms with E-state index in [0.29, 0.717) is 31.4 Å². The monoisotopic (exact) mass is 778 g/mol. The Morgan fingerprint density at radius 3 is 2.56 bits per heavy atom. The molecule has 5 heterocycles. The van der Waals surface area contributed by atoms with E-state index < -0.39 is 23.6 Å². The number of phenols is 1. The van der Waals surface area contributed by atoms with Gasteiger partial charge < -0.3 is 29.7 Å². The van der Waals surface area contributed by atoms with Crippen molar-refractivity contribution in [2.45, 2.75) is 70.0 Å². The molecule has 1 aliphatic carbocycles. The minimum absolute atomic E-state index is 0.0195. The molecule has 1 saturated carbocycles. The molecule has 2 aromatic heterocycles. The maximum atomic E-state index is 17.3. The molecule has 4 atom stereocenters. The molecule has 4 aromatic rings. The average molecular weight is 779 g/mol. The maximum Gasteiger partial charge on any atom is 0.319 e. The summed E-state index contributed by atoms with van der Waals surface area (Å²) in [6.45, 7) is 2.99. The van der Waals surface area contributed by atoms with Crippen LogP contribution in [-0.4, -0.2) is 94.2 Å². The number of hydrogen-bond donors (Lipinski definition) is 3. The Morgan fingerprint density at radius 1 is 1.14 bits per heavy atom. The molecule has 3 N–H and O–H groups in total. The predicted molar refractivity (Wildman–Crippen MR) is 203 cm³/mol. The molecule has 294 valence electrons. The maximum absolute atomic E-state index is 17.3. The smallest absolute Gasteiger partial charge is 0.319 e. The number of phenolic OH excluding ortho intramolecular Hbond substituents is 1. The van der Waals surface area contributed by atoms with Gasteiger partial charge in [0.25, 0.3) is 0 Å². The van der Waals surface area contributed by atoms with Crippen molar-refractivity contribution in [3.8, 4) is 47.3 Å². The summed E-state index contributed by atoms with van der Waals surface area (Å²) < 4.78 is 44.4. The zero-order valence-corrected chi connectivity index (χ0v) is 31.4. The van der Waals surface area contributed by atoms with Gasteiger partial charge in [0, 0.05) is 60.9 Å². The van der Waals surface area contributed by atoms with Crippen molar-refractivity contribution in [2.75, 3.05) is 38.3 Å². The minimum atomic E-state index is -0.915. The van der Waals surface area contributed by atoms with Gasteiger partial charge in [0.05, 0.1) is 37.3 Å². The normalized spacial score (nSPS) is 21.5. The van der Waals surface area contributed by atoms with Gasteiger partial charge in [-0.05, 0) is 62.6 Å². The number of fused-ring (bicyclic) bond motifs is 4. The van der Waals surface area contributed by atoms with E-state index in [4.69, 9.17) is 20.9 Å². The lowest BCUT2D eigenvalue weighted by molar-refractivity contribution is -0.136. The lowest BCUT2D eigenvalue weighted by atomic mass is 9.95. The third-order valence-corrected chi connectivity index (χ3v) is 11.6. The van der Waals surface area contributed by atoms with Crippen LogP contribution in [0.3, 0.4) is 0 Å². The molecule has 4 aliphatic rings. The molecule has 57 heavy (non-hydrogen) atoms. The summed E-state index contributed by atoms with van der Waals surface area (Å²) in [6, 6.07) is 6.36. The fourth-order valence-electron chi connectivity index (χ4n) is 8.37. The summed E-state index contributed by atoms with van der Waals surface area (Å²) >= 11 is 0. The summed E-state index contributed by atoms with van der Waals surface area (Å²) in [4.78, 5) is 55.2. The Morgan fingerprint density at radius 2 is 1.89 bits per heavy atom. The van der Waals surface area contributed by atoms with Crippen LogP contribution in [0, 0.1) is 46.6 Å². The Bertz CT molecular complexity index is 2410. The standard InChI is InChI=1S/C41H40F2N8O6/c1-4-26-28(42)8-5-22-14-25(52)15-27(32(22)26)35-34(43)36-33(39(47-35)56-3)37(50-17-23-6-7-24(18-50)51(23)31(54)13-21(2)16-44)49-40(48-36)57-20-41(11-12-41)19-45-29-9-10-30(53)46-38(29)55/h1,5,8,14-15,21,23-24,29,45,52H,6-7,9-13,17-20H2,2-3H3,(H,46,53,55). The average Bonchev–Trinajstić information content (AvgIpc) is 3.92. The Kier molecular flexibility index (Phi) is 9.77. The van der Waals surface area contributed by atoms with Crippen molar-refractivity contribution < 1.29 is 37.7 Å². The number of nitrogens with one attached hydrogen (secondary N) is 2. The van der Waals surface area contributed by atoms with E-state index in [-0.39, 0.29) is 111 Å². The van der Waals surface area contributed by atoms with E-state index in [1.807, 2.05) is 9.80 Å². The number of nitriles is 1. The van der Waals surface area contributed by atoms with E-state index in [1.54, 1.807) is 6.92 Å². The summed E-state index contributed by atoms with van der Waals surface area (Å²) in [6.07, 6.45) is 9.51. The van der Waals surface area contributed by atoms with Crippen molar-refractivity contribution >= 4 is 45.2 Å². The summed E-state index contributed by atoms with van der Waals surface area (Å²) in [5.74, 6) is -0.461. The number of benzene rings is 2. The minimum Gasteiger partial charge on any atom is -0.508 e. The van der Waals surface area contributed by atoms with Crippen LogP contribution in [0.15, 0.2) is 24.3 Å². The highest BCUT2D eigenvalue weighted by Crippen LogP contribution is 2.47. The molecule has 2 bridgehead atoms. The number of aromatic hydroxyl groups is 1. The van der Waals surface area contributed by atoms with Crippen LogP contribution in [-0.2, 0) is 14.4 Å². The third kappa shape index (κ3) is 6.99. The number of aromatic nitrogens is 3. The second kappa shape index (κ2) is 14.7. The zero-order valence-electron chi connectivity index (χ0n) is 31.4. The van der Waals surface area contributed by atoms with Gasteiger partial charge in [-0.2, -0.15) is 15.2 Å². The molecule has 2 aromatic carbocycles. The number of amides is 3. The number of halogens is 2. The zero-order chi connectivity index (χ0) is 40.2. The second-order valence-corrected chi connectivity index (χ2v) is 15.5. The number of methoxy groups -OCH3 is 1. The number of rotatable bonds is 11. The molecule has 3 amide bonds. The lowest BCUT2D eigenvalue weighted by Gasteiger charge is -2.42. The molecule has 4 fully saturated rings. The number of imide groups is 1. The van der Waals surface area contributed by atoms with Crippen molar-refractivity contribution in [1.82, 2.24) is 30.5 Å². The van der Waals surface area contributed by atoms with E-state index in [1.165, 1.54) is 31.4 Å². The van der Waals surface area contributed by atoms with Gasteiger partial charge in [0.1, 0.15) is 34.0 Å². The largest absolute Gasteiger partial charge is 0.508 e. The molecular formula is C41H40F2N8O6. The Balaban J connectivity index is 1.20. The number of terminal acetylenes is 1. The molecule has 0 radical (unpaired) electrons. The fraction of sp³-hybridized carbons (Fsp3) is 0.439. The van der Waals surface area contributed by atoms with Gasteiger partial charge in [-0.15, -0.1) is 6.42 Å². The van der Waals surface area contributed by atoms with Crippen LogP contribution in [0.2, 0.25) is 0 Å². The summed E-state index contributed by atoms with van der Waals surface area (Å²) in [7, 11) is 1.37. The predicted octanol–water partition coefficient (Wildman–Crippen LogP) is 4.10. The van der Waals surface area contributed by atoms with Gasteiger partial charge >= 0.3 is 6.01 Å². The van der Waals surface area contributed by atoms with Crippen LogP contribution in [0.5, 0.6) is 17.6 Å². The van der Waals surface area contributed by atoms with E-state index in [0.717, 1.165) is 25.7 Å². The molecule has 16 heteroatoms. The van der Waals surface area contributed by atoms with Crippen molar-refractivity contribution in [3.63, 3.8) is 0 Å². The van der Waals surface area contributed by atoms with Gasteiger partial charge in [0.15, 0.2) is 5.82 Å². The van der Waals surface area contributed by atoms with Crippen LogP contribution in [0.4, 0.5) is 14.6 Å². The fourth-order valence-corrected chi connectivity index (χ4v) is 8.37. The van der Waals surface area contributed by atoms with Gasteiger partial charge in [0.2, 0.25) is 23.6 Å². The number of anilines is 1. The molecular weight excluding hydrogens is 738 g/mol. The van der Waals surface area contributed by atoms with Crippen LogP contribution in [0.1, 0.15) is 57.4 Å². The Hall–Kier alpha value is -6.13. The highest BCUT2D eigenvalue weighted by Gasteiger charge is 2.46. The number of hydrogen-bond acceptors (Lipinski definition) is 12. The number of ether oxygens (including phenoxy) is 2. The molecule has 0 spiro atoms. The Labute approximate surface area is 326 Å². The van der Waals surface area contributed by atoms with E-state index >= 15 is 8.78 Å². The highest BCUT2D eigenvalue weighted by atomic mass is 19.1. The molecule has 4 unspecified atom stereocenters. The molecule has 3 saturated heterocycles. The van der Waals surface area contributed by atoms with Crippen LogP contribution >= 0.6 is 0 Å². The first-order valence-corrected chi connectivity index (χ1v) is 19.0. The van der Waals surface area contributed by atoms with Crippen molar-refractivity contribution in [3.05, 3.63) is 41.5 Å². The second-order valence-electron chi connectivity index (χ2n) is 15.5. The SMILES string of the molecule is C#Cc1c(F)ccc2cc(O)cc(-c3nc(OC)c4c(N5CC6CCC(C5)N6C(=O)CC(C)C#N)nc(OCC5(CNC6CCC(=O)NC6=O)CC5)nc4c3F)c12. The number of nitrogens with zero attached hydrogens (tertiary/aromatic N) is 6. The molecule has 3 aliphatic heterocycles. The number of piperidine rings is 1. The highest BCUT2D eigenvalue weighted by molar-refractivity contribution is 6.04. The number of carbonyl (C=O) groups is 3. The van der Waals surface area contributed by atoms with E-state index in [2.05, 4.69) is 32.6 Å². The summed E-state index contributed by atoms with van der Waals surface area (Å²) in [5, 5.41) is 26.4. The third-order valence-electron chi connectivity index (χ3n) is 11.6. The van der Waals surface area contributed by atoms with Crippen molar-refractivity contribution in [2.24, 2.45) is 11.3 Å². The quantitative estimate of drug-likeness (QED) is 0.147. The van der Waals surface area contributed by atoms with Gasteiger partial charge in [-0.1, -0.05) is 12.0 Å². The van der Waals surface area contributed by atoms with Crippen molar-refractivity contribution in [1.29, 1.82) is 5.26 Å². The first-order chi connectivity index (χ1) is 27.4. The summed E-state index contributed by atoms with van der Waals surface area (Å²) in [5.41, 5.74) is -0.977. The molecule has 14 nitrogen and oxygen atoms in total. The van der Waals surface area contributed by atoms with Gasteiger partial charge in [-0.25, -0.2) is 13.8 Å². The number of carbonyl (C=O) groups excluding carboxylic acids is 3. The first kappa shape index (κ1) is 37.8.